The molecule has 1 aliphatic rings. The van der Waals surface area contributed by atoms with Gasteiger partial charge in [0.25, 0.3) is 0 Å². The van der Waals surface area contributed by atoms with Gasteiger partial charge in [-0.3, -0.25) is 0 Å². The molecule has 2 rings (SSSR count). The van der Waals surface area contributed by atoms with Crippen molar-refractivity contribution in [2.45, 2.75) is 44.6 Å². The number of piperidine rings is 1. The molecule has 7 heteroatoms. The van der Waals surface area contributed by atoms with Crippen molar-refractivity contribution in [1.82, 2.24) is 4.98 Å². The first-order valence-electron chi connectivity index (χ1n) is 8.72. The lowest BCUT2D eigenvalue weighted by molar-refractivity contribution is 0.0818. The molecule has 0 unspecified atom stereocenters. The van der Waals surface area contributed by atoms with E-state index in [0.29, 0.717) is 25.1 Å². The van der Waals surface area contributed by atoms with Crippen molar-refractivity contribution in [3.05, 3.63) is 28.6 Å². The molecule has 24 heavy (non-hydrogen) atoms. The van der Waals surface area contributed by atoms with Gasteiger partial charge in [0.2, 0.25) is 5.88 Å². The maximum atomic E-state index is 8.20. The molecule has 1 aliphatic heterocycles. The third-order valence-corrected chi connectivity index (χ3v) is 4.27. The van der Waals surface area contributed by atoms with E-state index in [1.54, 1.807) is 7.11 Å². The van der Waals surface area contributed by atoms with Crippen molar-refractivity contribution >= 4 is 5.82 Å². The minimum absolute atomic E-state index is 0.375. The van der Waals surface area contributed by atoms with Gasteiger partial charge >= 0.3 is 0 Å². The van der Waals surface area contributed by atoms with Gasteiger partial charge < -0.3 is 14.4 Å². The van der Waals surface area contributed by atoms with Crippen molar-refractivity contribution < 1.29 is 9.47 Å². The lowest BCUT2D eigenvalue weighted by Gasteiger charge is -2.32. The summed E-state index contributed by atoms with van der Waals surface area (Å²) in [6.45, 7) is 3.20. The smallest absolute Gasteiger partial charge is 0.215 e. The molecule has 7 nitrogen and oxygen atoms in total. The Balaban J connectivity index is 1.68. The normalized spacial score (nSPS) is 15.1. The average molecular weight is 333 g/mol. The summed E-state index contributed by atoms with van der Waals surface area (Å²) < 4.78 is 11.2. The summed E-state index contributed by atoms with van der Waals surface area (Å²) in [6.07, 6.45) is 6.52. The largest absolute Gasteiger partial charge is 0.478 e. The highest BCUT2D eigenvalue weighted by Gasteiger charge is 2.19. The van der Waals surface area contributed by atoms with Gasteiger partial charge in [-0.1, -0.05) is 24.0 Å². The van der Waals surface area contributed by atoms with E-state index in [0.717, 1.165) is 57.4 Å². The Morgan fingerprint density at radius 2 is 2.04 bits per heavy atom. The van der Waals surface area contributed by atoms with Gasteiger partial charge in [0.1, 0.15) is 5.82 Å². The third kappa shape index (κ3) is 6.26. The lowest BCUT2D eigenvalue weighted by atomic mass is 10.1. The quantitative estimate of drug-likeness (QED) is 0.281. The van der Waals surface area contributed by atoms with Gasteiger partial charge in [0.05, 0.1) is 12.7 Å². The highest BCUT2D eigenvalue weighted by atomic mass is 16.5. The van der Waals surface area contributed by atoms with Crippen LogP contribution in [-0.2, 0) is 4.74 Å². The van der Waals surface area contributed by atoms with Crippen molar-refractivity contribution in [3.8, 4) is 5.88 Å². The highest BCUT2D eigenvalue weighted by molar-refractivity contribution is 5.41. The minimum Gasteiger partial charge on any atom is -0.478 e. The molecule has 1 saturated heterocycles. The van der Waals surface area contributed by atoms with Crippen molar-refractivity contribution in [2.24, 2.45) is 5.11 Å². The van der Waals surface area contributed by atoms with Crippen molar-refractivity contribution in [3.63, 3.8) is 0 Å². The summed E-state index contributed by atoms with van der Waals surface area (Å²) in [4.78, 5) is 9.65. The van der Waals surface area contributed by atoms with E-state index in [9.17, 15) is 0 Å². The first-order chi connectivity index (χ1) is 11.8. The number of azide groups is 1. The van der Waals surface area contributed by atoms with E-state index in [4.69, 9.17) is 15.0 Å². The van der Waals surface area contributed by atoms with Crippen LogP contribution in [0.2, 0.25) is 0 Å². The van der Waals surface area contributed by atoms with Gasteiger partial charge in [-0.15, -0.1) is 0 Å². The molecule has 0 aliphatic carbocycles. The second kappa shape index (κ2) is 10.7. The predicted octanol–water partition coefficient (Wildman–Crippen LogP) is 3.95. The Kier molecular flexibility index (Phi) is 8.21. The van der Waals surface area contributed by atoms with Crippen LogP contribution in [0, 0.1) is 0 Å². The molecule has 0 radical (unpaired) electrons. The molecule has 0 N–H and O–H groups in total. The van der Waals surface area contributed by atoms with Crippen LogP contribution in [0.15, 0.2) is 23.3 Å². The molecular formula is C17H27N5O2. The summed E-state index contributed by atoms with van der Waals surface area (Å²) in [6, 6.07) is 5.95. The first kappa shape index (κ1) is 18.4. The van der Waals surface area contributed by atoms with Crippen LogP contribution in [0.3, 0.4) is 0 Å². The van der Waals surface area contributed by atoms with Crippen LogP contribution in [0.25, 0.3) is 10.4 Å². The lowest BCUT2D eigenvalue weighted by Crippen LogP contribution is -2.37. The van der Waals surface area contributed by atoms with E-state index in [-0.39, 0.29) is 0 Å². The summed E-state index contributed by atoms with van der Waals surface area (Å²) >= 11 is 0. The van der Waals surface area contributed by atoms with Crippen LogP contribution in [0.5, 0.6) is 5.88 Å². The van der Waals surface area contributed by atoms with Crippen LogP contribution >= 0.6 is 0 Å². The minimum atomic E-state index is 0.375. The zero-order valence-electron chi connectivity index (χ0n) is 14.4. The molecular weight excluding hydrogens is 306 g/mol. The Morgan fingerprint density at radius 3 is 2.79 bits per heavy atom. The Morgan fingerprint density at radius 1 is 1.25 bits per heavy atom. The number of hydrogen-bond donors (Lipinski definition) is 0. The van der Waals surface area contributed by atoms with E-state index in [1.165, 1.54) is 0 Å². The second-order valence-electron chi connectivity index (χ2n) is 5.97. The molecule has 0 bridgehead atoms. The predicted molar refractivity (Wildman–Crippen MR) is 94.5 cm³/mol. The number of nitrogens with zero attached hydrogens (tertiary/aromatic N) is 5. The molecule has 1 aromatic rings. The fourth-order valence-corrected chi connectivity index (χ4v) is 2.84. The molecule has 132 valence electrons. The number of unbranched alkanes of at least 4 members (excludes halogenated alkanes) is 3. The van der Waals surface area contributed by atoms with Crippen molar-refractivity contribution in [2.75, 3.05) is 38.3 Å². The fraction of sp³-hybridized carbons (Fsp3) is 0.706. The number of ether oxygens (including phenoxy) is 2. The van der Waals surface area contributed by atoms with E-state index in [2.05, 4.69) is 19.9 Å². The van der Waals surface area contributed by atoms with Gasteiger partial charge in [0.15, 0.2) is 0 Å². The monoisotopic (exact) mass is 333 g/mol. The van der Waals surface area contributed by atoms with Crippen LogP contribution in [0.4, 0.5) is 5.82 Å². The second-order valence-corrected chi connectivity index (χ2v) is 5.97. The van der Waals surface area contributed by atoms with Crippen LogP contribution in [0.1, 0.15) is 38.5 Å². The standard InChI is InChI=1S/C17H27N5O2/c1-23-15-9-12-22(13-10-15)16-7-6-8-17(20-16)24-14-5-3-2-4-11-19-21-18/h6-8,15H,2-5,9-14H2,1H3. The van der Waals surface area contributed by atoms with Gasteiger partial charge in [-0.25, -0.2) is 0 Å². The van der Waals surface area contributed by atoms with Gasteiger partial charge in [0, 0.05) is 37.7 Å². The number of rotatable bonds is 10. The Labute approximate surface area is 143 Å². The zero-order chi connectivity index (χ0) is 17.0. The average Bonchev–Trinajstić information content (AvgIpc) is 2.64. The topological polar surface area (TPSA) is 83.4 Å². The maximum absolute atomic E-state index is 8.20. The maximum Gasteiger partial charge on any atom is 0.215 e. The van der Waals surface area contributed by atoms with E-state index >= 15 is 0 Å². The molecule has 0 aromatic carbocycles. The highest BCUT2D eigenvalue weighted by Crippen LogP contribution is 2.21. The number of anilines is 1. The van der Waals surface area contributed by atoms with E-state index < -0.39 is 0 Å². The number of hydrogen-bond acceptors (Lipinski definition) is 5. The van der Waals surface area contributed by atoms with Gasteiger partial charge in [-0.2, -0.15) is 4.98 Å². The third-order valence-electron chi connectivity index (χ3n) is 4.27. The fourth-order valence-electron chi connectivity index (χ4n) is 2.84. The molecule has 0 saturated carbocycles. The van der Waals surface area contributed by atoms with Crippen molar-refractivity contribution in [1.29, 1.82) is 0 Å². The summed E-state index contributed by atoms with van der Waals surface area (Å²) in [7, 11) is 1.78. The molecule has 1 fully saturated rings. The SMILES string of the molecule is COC1CCN(c2cccc(OCCCCCCN=[N+]=[N-])n2)CC1. The summed E-state index contributed by atoms with van der Waals surface area (Å²) in [5, 5.41) is 3.53. The number of pyridine rings is 1. The Hall–Kier alpha value is -1.98. The summed E-state index contributed by atoms with van der Waals surface area (Å²) in [5.41, 5.74) is 8.20. The van der Waals surface area contributed by atoms with Crippen LogP contribution in [-0.4, -0.2) is 44.4 Å². The van der Waals surface area contributed by atoms with Crippen LogP contribution < -0.4 is 9.64 Å². The molecule has 1 aromatic heterocycles. The summed E-state index contributed by atoms with van der Waals surface area (Å²) in [5.74, 6) is 1.67. The molecule has 0 atom stereocenters. The number of aromatic nitrogens is 1. The molecule has 0 amide bonds. The first-order valence-corrected chi connectivity index (χ1v) is 8.72. The van der Waals surface area contributed by atoms with E-state index in [1.807, 2.05) is 18.2 Å². The zero-order valence-corrected chi connectivity index (χ0v) is 14.4. The molecule has 0 spiro atoms. The number of methoxy groups -OCH3 is 1. The molecule has 2 heterocycles. The Bertz CT molecular complexity index is 525. The van der Waals surface area contributed by atoms with Gasteiger partial charge in [-0.05, 0) is 37.3 Å².